The predicted octanol–water partition coefficient (Wildman–Crippen LogP) is 0.0815. The van der Waals surface area contributed by atoms with Crippen molar-refractivity contribution >= 4 is 117 Å². The van der Waals surface area contributed by atoms with Gasteiger partial charge in [0, 0.05) is 103 Å². The van der Waals surface area contributed by atoms with Gasteiger partial charge in [-0.1, -0.05) is 0 Å². The van der Waals surface area contributed by atoms with Gasteiger partial charge in [-0.25, -0.2) is 0 Å². The van der Waals surface area contributed by atoms with Crippen LogP contribution < -0.4 is 0 Å². The second-order valence-corrected chi connectivity index (χ2v) is 0. The van der Waals surface area contributed by atoms with Crippen molar-refractivity contribution in [3.05, 3.63) is 0 Å². The summed E-state index contributed by atoms with van der Waals surface area (Å²) in [5, 5.41) is 0. The Morgan fingerprint density at radius 2 is 1.00 bits per heavy atom. The zero-order valence-corrected chi connectivity index (χ0v) is 11.5. The van der Waals surface area contributed by atoms with Crippen LogP contribution in [0.15, 0.2) is 0 Å². The largest absolute Gasteiger partial charge is 0 e. The van der Waals surface area contributed by atoms with Gasteiger partial charge in [-0.2, -0.15) is 0 Å². The molecule has 0 aromatic rings. The number of hydrogen-bond acceptors (Lipinski definition) is 0. The third-order valence-electron chi connectivity index (χ3n) is 0. The number of hydrogen-bond donors (Lipinski definition) is 0. The second kappa shape index (κ2) is 15.7. The van der Waals surface area contributed by atoms with E-state index < -0.39 is 0 Å². The summed E-state index contributed by atoms with van der Waals surface area (Å²) in [6.07, 6.45) is 0. The van der Waals surface area contributed by atoms with Crippen molar-refractivity contribution in [2.24, 2.45) is 0 Å². The van der Waals surface area contributed by atoms with E-state index in [1.807, 2.05) is 0 Å². The Kier molecular flexibility index (Phi) is 61.7. The summed E-state index contributed by atoms with van der Waals surface area (Å²) in [6.45, 7) is 0. The molecule has 0 saturated heterocycles. The van der Waals surface area contributed by atoms with Crippen LogP contribution in [0.5, 0.6) is 0 Å². The molecule has 0 heterocycles. The molecule has 0 rings (SSSR count). The van der Waals surface area contributed by atoms with Crippen molar-refractivity contribution < 1.29 is 14.2 Å². The summed E-state index contributed by atoms with van der Waals surface area (Å²) in [6, 6.07) is 0. The molecule has 0 aliphatic carbocycles. The molecule has 0 spiro atoms. The monoisotopic (exact) mass is 220 g/mol. The van der Waals surface area contributed by atoms with Gasteiger partial charge in [0.25, 0.3) is 0 Å². The van der Waals surface area contributed by atoms with Gasteiger partial charge in [0.1, 0.15) is 0 Å². The normalized spacial score (nSPS) is 1.75. The van der Waals surface area contributed by atoms with Gasteiger partial charge in [0.15, 0.2) is 0 Å². The Morgan fingerprint density at radius 3 is 1.00 bits per heavy atom. The topological polar surface area (TPSA) is 0 Å². The summed E-state index contributed by atoms with van der Waals surface area (Å²) < 4.78 is 0. The fourth-order valence-corrected chi connectivity index (χ4v) is 0. The van der Waals surface area contributed by atoms with Crippen molar-refractivity contribution in [2.75, 3.05) is 0 Å². The van der Waals surface area contributed by atoms with Crippen LogP contribution >= 0.6 is 14.1 Å². The third-order valence-corrected chi connectivity index (χ3v) is 0. The summed E-state index contributed by atoms with van der Waals surface area (Å²) in [5.41, 5.74) is 0. The van der Waals surface area contributed by atoms with Gasteiger partial charge < -0.3 is 0 Å². The van der Waals surface area contributed by atoms with Gasteiger partial charge >= 0.3 is 28.3 Å². The second-order valence-electron chi connectivity index (χ2n) is 0. The zero-order chi connectivity index (χ0) is 2.00. The standard InChI is InChI=1S/BrH.Cu.2K/h1H;;;/q;+1;;/p-1. The number of rotatable bonds is 0. The minimum atomic E-state index is 0. The van der Waals surface area contributed by atoms with Gasteiger partial charge in [0.2, 0.25) is 0 Å². The van der Waals surface area contributed by atoms with Crippen molar-refractivity contribution in [1.29, 1.82) is 0 Å². The van der Waals surface area contributed by atoms with Crippen molar-refractivity contribution in [2.45, 2.75) is 0 Å². The molecule has 0 aliphatic heterocycles. The van der Waals surface area contributed by atoms with Gasteiger partial charge in [0.05, 0.1) is 0 Å². The maximum atomic E-state index is 4.00. The van der Waals surface area contributed by atoms with Crippen LogP contribution in [0.4, 0.5) is 0 Å². The molecule has 0 aliphatic rings. The molecule has 0 unspecified atom stereocenters. The first kappa shape index (κ1) is 15.7. The summed E-state index contributed by atoms with van der Waals surface area (Å²) in [4.78, 5) is 0. The quantitative estimate of drug-likeness (QED) is 0.509. The zero-order valence-electron chi connectivity index (χ0n) is 2.68. The molecule has 4 heavy (non-hydrogen) atoms. The molecule has 0 N–H and O–H groups in total. The summed E-state index contributed by atoms with van der Waals surface area (Å²) >= 11 is 6.50. The van der Waals surface area contributed by atoms with Crippen molar-refractivity contribution in [3.63, 3.8) is 0 Å². The SMILES string of the molecule is [Cu][Br].[K].[K]. The maximum Gasteiger partial charge on any atom is 0 e. The Bertz CT molecular complexity index is 6.00. The van der Waals surface area contributed by atoms with Crippen LogP contribution in [-0.4, -0.2) is 103 Å². The maximum absolute atomic E-state index is 4.00. The molecule has 0 aromatic carbocycles. The van der Waals surface area contributed by atoms with Crippen molar-refractivity contribution in [1.82, 2.24) is 0 Å². The van der Waals surface area contributed by atoms with Gasteiger partial charge in [-0.05, 0) is 0 Å². The van der Waals surface area contributed by atoms with Crippen LogP contribution in [0.1, 0.15) is 0 Å². The molecule has 0 atom stereocenters. The van der Waals surface area contributed by atoms with E-state index in [4.69, 9.17) is 0 Å². The summed E-state index contributed by atoms with van der Waals surface area (Å²) in [5.74, 6) is 0. The van der Waals surface area contributed by atoms with Crippen LogP contribution in [0.3, 0.4) is 0 Å². The fraction of sp³-hybridized carbons (Fsp3) is 0. The smallest absolute Gasteiger partial charge is 0 e. The first-order valence-electron chi connectivity index (χ1n) is 0.114. The van der Waals surface area contributed by atoms with Gasteiger partial charge in [-0.15, -0.1) is 0 Å². The van der Waals surface area contributed by atoms with E-state index >= 15 is 0 Å². The third kappa shape index (κ3) is 9.55. The first-order chi connectivity index (χ1) is 1.00. The van der Waals surface area contributed by atoms with E-state index in [-0.39, 0.29) is 103 Å². The minimum Gasteiger partial charge on any atom is 0 e. The Balaban J connectivity index is -0.00000000500. The number of halogens is 1. The van der Waals surface area contributed by atoms with Crippen LogP contribution in [-0.2, 0) is 14.2 Å². The molecule has 0 amide bonds. The average molecular weight is 222 g/mol. The molecule has 0 aromatic heterocycles. The van der Waals surface area contributed by atoms with E-state index in [0.29, 0.717) is 0 Å². The molecule has 0 fully saturated rings. The van der Waals surface area contributed by atoms with E-state index in [2.05, 4.69) is 28.3 Å². The molecule has 0 nitrogen and oxygen atoms in total. The molecule has 0 saturated carbocycles. The molecule has 2 radical (unpaired) electrons. The Labute approximate surface area is 127 Å². The van der Waals surface area contributed by atoms with Crippen LogP contribution in [0, 0.1) is 0 Å². The van der Waals surface area contributed by atoms with Crippen LogP contribution in [0.2, 0.25) is 0 Å². The fourth-order valence-electron chi connectivity index (χ4n) is 0. The Morgan fingerprint density at radius 1 is 1.00 bits per heavy atom. The summed E-state index contributed by atoms with van der Waals surface area (Å²) in [7, 11) is 0. The van der Waals surface area contributed by atoms with Crippen LogP contribution in [0.25, 0.3) is 0 Å². The van der Waals surface area contributed by atoms with E-state index in [0.717, 1.165) is 0 Å². The molecular weight excluding hydrogens is 222 g/mol. The Hall–Kier alpha value is 4.27. The molecular formula is BrCuK2. The minimum absolute atomic E-state index is 0. The first-order valence-corrected chi connectivity index (χ1v) is 2.44. The molecule has 0 bridgehead atoms. The molecule has 20 valence electrons. The van der Waals surface area contributed by atoms with E-state index in [1.54, 1.807) is 0 Å². The van der Waals surface area contributed by atoms with E-state index in [1.165, 1.54) is 0 Å². The van der Waals surface area contributed by atoms with E-state index in [9.17, 15) is 0 Å². The molecule has 4 heteroatoms. The predicted molar refractivity (Wildman–Crippen MR) is 20.4 cm³/mol. The average Bonchev–Trinajstić information content (AvgIpc) is 1.00. The van der Waals surface area contributed by atoms with Crippen molar-refractivity contribution in [3.8, 4) is 0 Å². The van der Waals surface area contributed by atoms with Gasteiger partial charge in [-0.3, -0.25) is 0 Å².